The molecule has 0 saturated carbocycles. The van der Waals surface area contributed by atoms with Gasteiger partial charge in [0.2, 0.25) is 5.91 Å². The molecule has 0 fully saturated rings. The van der Waals surface area contributed by atoms with Crippen molar-refractivity contribution in [3.63, 3.8) is 0 Å². The van der Waals surface area contributed by atoms with E-state index in [9.17, 15) is 14.4 Å². The van der Waals surface area contributed by atoms with Crippen molar-refractivity contribution in [2.75, 3.05) is 19.7 Å². The van der Waals surface area contributed by atoms with Crippen LogP contribution in [-0.2, 0) is 20.9 Å². The van der Waals surface area contributed by atoms with Gasteiger partial charge in [-0.05, 0) is 49.2 Å². The number of hydrogen-bond donors (Lipinski definition) is 0. The molecule has 0 spiro atoms. The minimum Gasteiger partial charge on any atom is -0.463 e. The molecule has 1 aromatic heterocycles. The van der Waals surface area contributed by atoms with Gasteiger partial charge in [0.1, 0.15) is 11.2 Å². The Balaban J connectivity index is 2.11. The largest absolute Gasteiger partial charge is 0.463 e. The van der Waals surface area contributed by atoms with E-state index in [-0.39, 0.29) is 24.6 Å². The summed E-state index contributed by atoms with van der Waals surface area (Å²) in [5.41, 5.74) is 0.580. The lowest BCUT2D eigenvalue weighted by Gasteiger charge is -2.18. The molecule has 0 radical (unpaired) electrons. The third kappa shape index (κ3) is 5.30. The first-order valence-corrected chi connectivity index (χ1v) is 11.1. The second-order valence-electron chi connectivity index (χ2n) is 6.91. The van der Waals surface area contributed by atoms with E-state index in [0.29, 0.717) is 22.3 Å². The van der Waals surface area contributed by atoms with Crippen LogP contribution in [0.4, 0.5) is 0 Å². The van der Waals surface area contributed by atoms with E-state index in [4.69, 9.17) is 4.74 Å². The first-order chi connectivity index (χ1) is 15.0. The van der Waals surface area contributed by atoms with Crippen LogP contribution in [0.1, 0.15) is 26.3 Å². The summed E-state index contributed by atoms with van der Waals surface area (Å²) in [6.07, 6.45) is 3.07. The summed E-state index contributed by atoms with van der Waals surface area (Å²) in [5.74, 6) is -0.703. The van der Waals surface area contributed by atoms with Crippen molar-refractivity contribution in [3.8, 4) is 0 Å². The average Bonchev–Trinajstić information content (AvgIpc) is 3.03. The summed E-state index contributed by atoms with van der Waals surface area (Å²) in [6.45, 7) is 6.73. The molecule has 0 aliphatic heterocycles. The van der Waals surface area contributed by atoms with Crippen LogP contribution < -0.4 is 14.8 Å². The van der Waals surface area contributed by atoms with E-state index in [1.807, 2.05) is 56.3 Å². The smallest absolute Gasteiger partial charge is 0.333 e. The van der Waals surface area contributed by atoms with Crippen molar-refractivity contribution < 1.29 is 14.3 Å². The molecular formula is C24H26N2O4S. The van der Waals surface area contributed by atoms with Crippen LogP contribution in [0.15, 0.2) is 47.3 Å². The number of hydrogen-bond acceptors (Lipinski definition) is 5. The van der Waals surface area contributed by atoms with Gasteiger partial charge in [-0.2, -0.15) is 0 Å². The van der Waals surface area contributed by atoms with Crippen molar-refractivity contribution in [1.29, 1.82) is 0 Å². The van der Waals surface area contributed by atoms with Crippen molar-refractivity contribution in [2.45, 2.75) is 27.3 Å². The number of rotatable bonds is 7. The monoisotopic (exact) mass is 438 g/mol. The number of aromatic nitrogens is 1. The molecule has 0 aliphatic rings. The van der Waals surface area contributed by atoms with Crippen LogP contribution in [0, 0.1) is 0 Å². The first kappa shape index (κ1) is 22.5. The molecule has 1 heterocycles. The van der Waals surface area contributed by atoms with Gasteiger partial charge in [0.25, 0.3) is 5.56 Å². The number of amides is 1. The molecule has 0 unspecified atom stereocenters. The summed E-state index contributed by atoms with van der Waals surface area (Å²) in [7, 11) is 0. The lowest BCUT2D eigenvalue weighted by Crippen LogP contribution is -2.40. The number of carbonyl (C=O) groups excluding carboxylic acids is 2. The summed E-state index contributed by atoms with van der Waals surface area (Å²) < 4.78 is 7.21. The second-order valence-corrected chi connectivity index (χ2v) is 7.97. The molecule has 0 saturated heterocycles. The Morgan fingerprint density at radius 1 is 1.06 bits per heavy atom. The standard InChI is InChI=1S/C24H26N2O4S/c1-4-25(5-2)21(27)16-26-22(15-23(28)30-6-3)31-20(24(26)29)14-17-11-12-18-9-7-8-10-19(18)13-17/h7-15H,4-6,16H2,1-3H3/b20-14-,22-15-. The number of ether oxygens (including phenoxy) is 1. The van der Waals surface area contributed by atoms with Gasteiger partial charge in [-0.15, -0.1) is 11.3 Å². The van der Waals surface area contributed by atoms with Gasteiger partial charge >= 0.3 is 5.97 Å². The Labute approximate surface area is 184 Å². The molecule has 1 amide bonds. The van der Waals surface area contributed by atoms with Crippen LogP contribution in [0.3, 0.4) is 0 Å². The number of esters is 1. The second kappa shape index (κ2) is 10.2. The topological polar surface area (TPSA) is 68.6 Å². The van der Waals surface area contributed by atoms with E-state index in [1.54, 1.807) is 17.9 Å². The molecule has 0 N–H and O–H groups in total. The highest BCUT2D eigenvalue weighted by molar-refractivity contribution is 7.07. The van der Waals surface area contributed by atoms with Gasteiger partial charge in [-0.25, -0.2) is 4.79 Å². The Hall–Kier alpha value is -3.19. The Morgan fingerprint density at radius 2 is 1.77 bits per heavy atom. The third-order valence-electron chi connectivity index (χ3n) is 4.95. The van der Waals surface area contributed by atoms with E-state index in [0.717, 1.165) is 16.3 Å². The van der Waals surface area contributed by atoms with Gasteiger partial charge in [0, 0.05) is 13.1 Å². The summed E-state index contributed by atoms with van der Waals surface area (Å²) in [6, 6.07) is 14.0. The molecule has 3 aromatic rings. The van der Waals surface area contributed by atoms with Gasteiger partial charge < -0.3 is 9.64 Å². The zero-order valence-corrected chi connectivity index (χ0v) is 18.8. The lowest BCUT2D eigenvalue weighted by molar-refractivity contribution is -0.135. The molecule has 6 nitrogen and oxygen atoms in total. The highest BCUT2D eigenvalue weighted by atomic mass is 32.1. The normalized spacial score (nSPS) is 12.4. The Kier molecular flexibility index (Phi) is 7.41. The number of benzene rings is 2. The molecule has 0 bridgehead atoms. The van der Waals surface area contributed by atoms with E-state index in [2.05, 4.69) is 0 Å². The average molecular weight is 439 g/mol. The van der Waals surface area contributed by atoms with Gasteiger partial charge in [0.15, 0.2) is 0 Å². The highest BCUT2D eigenvalue weighted by Gasteiger charge is 2.14. The first-order valence-electron chi connectivity index (χ1n) is 10.3. The van der Waals surface area contributed by atoms with Crippen molar-refractivity contribution in [3.05, 3.63) is 67.6 Å². The molecule has 31 heavy (non-hydrogen) atoms. The fourth-order valence-corrected chi connectivity index (χ4v) is 4.37. The minimum absolute atomic E-state index is 0.117. The fraction of sp³-hybridized carbons (Fsp3) is 0.292. The molecule has 2 aromatic carbocycles. The SMILES string of the molecule is CCOC(=O)/C=c1\s/c(=C\c2ccc3ccccc3c2)c(=O)n1CC(=O)N(CC)CC. The number of thiazole rings is 1. The number of carbonyl (C=O) groups is 2. The van der Waals surface area contributed by atoms with Crippen LogP contribution in [0.5, 0.6) is 0 Å². The molecule has 162 valence electrons. The van der Waals surface area contributed by atoms with E-state index in [1.165, 1.54) is 22.0 Å². The van der Waals surface area contributed by atoms with Crippen molar-refractivity contribution in [1.82, 2.24) is 9.47 Å². The summed E-state index contributed by atoms with van der Waals surface area (Å²) in [5, 5.41) is 2.19. The van der Waals surface area contributed by atoms with Gasteiger partial charge in [-0.1, -0.05) is 36.4 Å². The van der Waals surface area contributed by atoms with Crippen LogP contribution in [0.2, 0.25) is 0 Å². The maximum Gasteiger partial charge on any atom is 0.333 e. The number of nitrogens with zero attached hydrogens (tertiary/aromatic N) is 2. The highest BCUT2D eigenvalue weighted by Crippen LogP contribution is 2.15. The van der Waals surface area contributed by atoms with Crippen LogP contribution >= 0.6 is 11.3 Å². The van der Waals surface area contributed by atoms with Crippen molar-refractivity contribution in [2.24, 2.45) is 0 Å². The maximum absolute atomic E-state index is 13.1. The molecular weight excluding hydrogens is 412 g/mol. The lowest BCUT2D eigenvalue weighted by atomic mass is 10.1. The molecule has 0 atom stereocenters. The Bertz CT molecular complexity index is 1270. The summed E-state index contributed by atoms with van der Waals surface area (Å²) in [4.78, 5) is 39.5. The quantitative estimate of drug-likeness (QED) is 0.530. The van der Waals surface area contributed by atoms with Crippen molar-refractivity contribution >= 4 is 46.1 Å². The number of likely N-dealkylation sites (N-methyl/N-ethyl adjacent to an activating group) is 1. The summed E-state index contributed by atoms with van der Waals surface area (Å²) >= 11 is 1.18. The molecule has 3 rings (SSSR count). The zero-order valence-electron chi connectivity index (χ0n) is 18.0. The van der Waals surface area contributed by atoms with Crippen LogP contribution in [-0.4, -0.2) is 41.0 Å². The molecule has 7 heteroatoms. The Morgan fingerprint density at radius 3 is 2.45 bits per heavy atom. The van der Waals surface area contributed by atoms with Gasteiger partial charge in [-0.3, -0.25) is 14.2 Å². The molecule has 0 aliphatic carbocycles. The van der Waals surface area contributed by atoms with Crippen LogP contribution in [0.25, 0.3) is 22.9 Å². The number of fused-ring (bicyclic) bond motifs is 1. The minimum atomic E-state index is -0.537. The zero-order chi connectivity index (χ0) is 22.4. The van der Waals surface area contributed by atoms with E-state index < -0.39 is 5.97 Å². The predicted octanol–water partition coefficient (Wildman–Crippen LogP) is 2.10. The predicted molar refractivity (Wildman–Crippen MR) is 124 cm³/mol. The fourth-order valence-electron chi connectivity index (χ4n) is 3.34. The van der Waals surface area contributed by atoms with Gasteiger partial charge in [0.05, 0.1) is 17.2 Å². The maximum atomic E-state index is 13.1. The third-order valence-corrected chi connectivity index (χ3v) is 6.00. The van der Waals surface area contributed by atoms with E-state index >= 15 is 0 Å².